The Morgan fingerprint density at radius 2 is 1.93 bits per heavy atom. The zero-order chi connectivity index (χ0) is 21.2. The second-order valence-corrected chi connectivity index (χ2v) is 7.30. The Hall–Kier alpha value is -2.83. The molecule has 2 aromatic rings. The summed E-state index contributed by atoms with van der Waals surface area (Å²) >= 11 is 0. The Morgan fingerprint density at radius 3 is 2.55 bits per heavy atom. The van der Waals surface area contributed by atoms with Crippen molar-refractivity contribution in [2.24, 2.45) is 12.0 Å². The summed E-state index contributed by atoms with van der Waals surface area (Å²) in [6.07, 6.45) is 1.23. The van der Waals surface area contributed by atoms with Crippen LogP contribution in [-0.2, 0) is 24.8 Å². The summed E-state index contributed by atoms with van der Waals surface area (Å²) in [6.45, 7) is 10.0. The van der Waals surface area contributed by atoms with E-state index in [1.54, 1.807) is 0 Å². The van der Waals surface area contributed by atoms with Crippen molar-refractivity contribution < 1.29 is 4.79 Å². The molecular formula is C22H34N6O. The van der Waals surface area contributed by atoms with Gasteiger partial charge < -0.3 is 16.0 Å². The summed E-state index contributed by atoms with van der Waals surface area (Å²) in [5.41, 5.74) is 4.61. The molecule has 0 aliphatic heterocycles. The Kier molecular flexibility index (Phi) is 8.70. The van der Waals surface area contributed by atoms with Crippen LogP contribution in [0.1, 0.15) is 42.8 Å². The molecule has 0 aliphatic carbocycles. The van der Waals surface area contributed by atoms with Crippen molar-refractivity contribution in [3.63, 3.8) is 0 Å². The van der Waals surface area contributed by atoms with Crippen LogP contribution < -0.4 is 16.0 Å². The Balaban J connectivity index is 1.82. The normalized spacial score (nSPS) is 12.5. The Morgan fingerprint density at radius 1 is 1.21 bits per heavy atom. The summed E-state index contributed by atoms with van der Waals surface area (Å²) in [7, 11) is 1.97. The second kappa shape index (κ2) is 11.2. The van der Waals surface area contributed by atoms with Crippen molar-refractivity contribution in [2.45, 2.75) is 53.1 Å². The lowest BCUT2D eigenvalue weighted by atomic mass is 10.1. The molecule has 7 heteroatoms. The monoisotopic (exact) mass is 398 g/mol. The van der Waals surface area contributed by atoms with Gasteiger partial charge in [0.1, 0.15) is 0 Å². The first-order chi connectivity index (χ1) is 13.9. The molecule has 1 amide bonds. The summed E-state index contributed by atoms with van der Waals surface area (Å²) in [6, 6.07) is 10.1. The first kappa shape index (κ1) is 22.5. The van der Waals surface area contributed by atoms with Crippen molar-refractivity contribution in [2.75, 3.05) is 13.1 Å². The van der Waals surface area contributed by atoms with E-state index in [4.69, 9.17) is 0 Å². The maximum absolute atomic E-state index is 12.1. The Labute approximate surface area is 174 Å². The summed E-state index contributed by atoms with van der Waals surface area (Å²) in [4.78, 5) is 16.6. The van der Waals surface area contributed by atoms with Gasteiger partial charge >= 0.3 is 0 Å². The zero-order valence-corrected chi connectivity index (χ0v) is 18.2. The van der Waals surface area contributed by atoms with E-state index in [2.05, 4.69) is 39.9 Å². The Bertz CT molecular complexity index is 812. The maximum atomic E-state index is 12.1. The first-order valence-electron chi connectivity index (χ1n) is 10.2. The van der Waals surface area contributed by atoms with Gasteiger partial charge in [0.05, 0.1) is 12.2 Å². The third-order valence-electron chi connectivity index (χ3n) is 4.84. The minimum Gasteiger partial charge on any atom is -0.357 e. The third kappa shape index (κ3) is 7.25. The summed E-state index contributed by atoms with van der Waals surface area (Å²) < 4.78 is 1.92. The molecule has 0 saturated carbocycles. The second-order valence-electron chi connectivity index (χ2n) is 7.30. The van der Waals surface area contributed by atoms with Gasteiger partial charge in [0.2, 0.25) is 5.91 Å². The average Bonchev–Trinajstić information content (AvgIpc) is 2.93. The van der Waals surface area contributed by atoms with E-state index in [1.807, 2.05) is 55.9 Å². The predicted octanol–water partition coefficient (Wildman–Crippen LogP) is 2.23. The molecule has 0 spiro atoms. The van der Waals surface area contributed by atoms with Crippen LogP contribution in [0.3, 0.4) is 0 Å². The molecule has 1 unspecified atom stereocenters. The van der Waals surface area contributed by atoms with E-state index in [9.17, 15) is 4.79 Å². The molecule has 0 bridgehead atoms. The molecule has 3 N–H and O–H groups in total. The molecule has 0 fully saturated rings. The number of aromatic nitrogens is 2. The first-order valence-corrected chi connectivity index (χ1v) is 10.2. The van der Waals surface area contributed by atoms with Gasteiger partial charge in [-0.05, 0) is 45.2 Å². The number of hydrogen-bond acceptors (Lipinski definition) is 3. The number of carbonyl (C=O) groups excluding carboxylic acids is 1. The number of benzene rings is 1. The number of aryl methyl sites for hydroxylation is 2. The lowest BCUT2D eigenvalue weighted by Crippen LogP contribution is -2.43. The van der Waals surface area contributed by atoms with Gasteiger partial charge in [-0.2, -0.15) is 5.10 Å². The van der Waals surface area contributed by atoms with Crippen LogP contribution in [0.4, 0.5) is 0 Å². The maximum Gasteiger partial charge on any atom is 0.222 e. The van der Waals surface area contributed by atoms with E-state index in [0.29, 0.717) is 19.5 Å². The molecule has 1 heterocycles. The van der Waals surface area contributed by atoms with E-state index in [0.717, 1.165) is 30.2 Å². The molecule has 1 aromatic heterocycles. The van der Waals surface area contributed by atoms with Gasteiger partial charge in [-0.25, -0.2) is 0 Å². The smallest absolute Gasteiger partial charge is 0.222 e. The van der Waals surface area contributed by atoms with Crippen molar-refractivity contribution in [3.05, 3.63) is 52.8 Å². The minimum atomic E-state index is 0.00288. The average molecular weight is 399 g/mol. The van der Waals surface area contributed by atoms with Crippen LogP contribution in [0.2, 0.25) is 0 Å². The van der Waals surface area contributed by atoms with Crippen LogP contribution in [-0.4, -0.2) is 40.8 Å². The van der Waals surface area contributed by atoms with Gasteiger partial charge in [-0.15, -0.1) is 0 Å². The van der Waals surface area contributed by atoms with E-state index >= 15 is 0 Å². The van der Waals surface area contributed by atoms with Crippen LogP contribution in [0.15, 0.2) is 35.3 Å². The van der Waals surface area contributed by atoms with Crippen molar-refractivity contribution in [1.29, 1.82) is 0 Å². The van der Waals surface area contributed by atoms with E-state index in [1.165, 1.54) is 11.3 Å². The lowest BCUT2D eigenvalue weighted by molar-refractivity contribution is -0.121. The molecule has 0 radical (unpaired) electrons. The number of rotatable bonds is 9. The molecule has 158 valence electrons. The fourth-order valence-electron chi connectivity index (χ4n) is 3.18. The highest BCUT2D eigenvalue weighted by Crippen LogP contribution is 2.14. The van der Waals surface area contributed by atoms with Crippen LogP contribution in [0.5, 0.6) is 0 Å². The molecular weight excluding hydrogens is 364 g/mol. The highest BCUT2D eigenvalue weighted by molar-refractivity contribution is 5.81. The minimum absolute atomic E-state index is 0.00288. The standard InChI is InChI=1S/C22H34N6O/c1-6-23-22(26-16(2)14-20-17(3)27-28(5)18(20)4)24-13-12-21(29)25-15-19-10-8-7-9-11-19/h7-11,16H,6,12-15H2,1-5H3,(H,25,29)(H2,23,24,26). The van der Waals surface area contributed by atoms with E-state index in [-0.39, 0.29) is 11.9 Å². The zero-order valence-electron chi connectivity index (χ0n) is 18.2. The van der Waals surface area contributed by atoms with E-state index < -0.39 is 0 Å². The van der Waals surface area contributed by atoms with Crippen LogP contribution >= 0.6 is 0 Å². The highest BCUT2D eigenvalue weighted by Gasteiger charge is 2.14. The number of hydrogen-bond donors (Lipinski definition) is 3. The number of nitrogens with one attached hydrogen (secondary N) is 3. The summed E-state index contributed by atoms with van der Waals surface area (Å²) in [5, 5.41) is 14.1. The van der Waals surface area contributed by atoms with Gasteiger partial charge in [-0.1, -0.05) is 30.3 Å². The summed E-state index contributed by atoms with van der Waals surface area (Å²) in [5.74, 6) is 0.734. The molecule has 29 heavy (non-hydrogen) atoms. The lowest BCUT2D eigenvalue weighted by Gasteiger charge is -2.18. The number of nitrogens with zero attached hydrogens (tertiary/aromatic N) is 3. The third-order valence-corrected chi connectivity index (χ3v) is 4.84. The number of carbonyl (C=O) groups is 1. The molecule has 0 aliphatic rings. The quantitative estimate of drug-likeness (QED) is 0.447. The van der Waals surface area contributed by atoms with Gasteiger partial charge in [0.15, 0.2) is 5.96 Å². The van der Waals surface area contributed by atoms with Gasteiger partial charge in [0.25, 0.3) is 0 Å². The van der Waals surface area contributed by atoms with Gasteiger partial charge in [0, 0.05) is 38.3 Å². The molecule has 2 rings (SSSR count). The molecule has 1 atom stereocenters. The van der Waals surface area contributed by atoms with Crippen LogP contribution in [0.25, 0.3) is 0 Å². The largest absolute Gasteiger partial charge is 0.357 e. The molecule has 0 saturated heterocycles. The predicted molar refractivity (Wildman–Crippen MR) is 118 cm³/mol. The topological polar surface area (TPSA) is 83.3 Å². The fourth-order valence-corrected chi connectivity index (χ4v) is 3.18. The van der Waals surface area contributed by atoms with Crippen molar-refractivity contribution in [3.8, 4) is 0 Å². The van der Waals surface area contributed by atoms with Gasteiger partial charge in [-0.3, -0.25) is 14.5 Å². The molecule has 1 aromatic carbocycles. The van der Waals surface area contributed by atoms with Crippen molar-refractivity contribution >= 4 is 11.9 Å². The molecule has 7 nitrogen and oxygen atoms in total. The van der Waals surface area contributed by atoms with Crippen LogP contribution in [0, 0.1) is 13.8 Å². The highest BCUT2D eigenvalue weighted by atomic mass is 16.1. The SMILES string of the molecule is CCNC(=NCCC(=O)NCc1ccccc1)NC(C)Cc1c(C)nn(C)c1C. The number of aliphatic imine (C=N–C) groups is 1. The fraction of sp³-hybridized carbons (Fsp3) is 0.500. The van der Waals surface area contributed by atoms with Crippen molar-refractivity contribution in [1.82, 2.24) is 25.7 Å². The number of amides is 1. The number of guanidine groups is 1.